The summed E-state index contributed by atoms with van der Waals surface area (Å²) in [5.74, 6) is 1.66. The molecule has 0 aromatic heterocycles. The van der Waals surface area contributed by atoms with E-state index in [-0.39, 0.29) is 36.5 Å². The van der Waals surface area contributed by atoms with Gasteiger partial charge in [0.15, 0.2) is 5.96 Å². The molecule has 0 saturated carbocycles. The average molecular weight is 469 g/mol. The quantitative estimate of drug-likeness (QED) is 0.316. The third-order valence-electron chi connectivity index (χ3n) is 4.11. The molecule has 0 aliphatic rings. The van der Waals surface area contributed by atoms with Crippen LogP contribution >= 0.6 is 24.0 Å². The van der Waals surface area contributed by atoms with Crippen molar-refractivity contribution in [1.29, 1.82) is 0 Å². The smallest absolute Gasteiger partial charge is 0.191 e. The van der Waals surface area contributed by atoms with Crippen LogP contribution in [0, 0.1) is 0 Å². The number of aliphatic hydroxyl groups is 1. The zero-order valence-corrected chi connectivity index (χ0v) is 17.6. The molecule has 6 heteroatoms. The van der Waals surface area contributed by atoms with Crippen LogP contribution in [0.25, 0.3) is 0 Å². The van der Waals surface area contributed by atoms with Gasteiger partial charge in [-0.2, -0.15) is 0 Å². The SMILES string of the molecule is CN=C(NCCc1ccccc1OC)NCC(CO)c1ccccc1.I. The fraction of sp³-hybridized carbons (Fsp3) is 0.350. The molecule has 2 rings (SSSR count). The Bertz CT molecular complexity index is 665. The molecule has 0 aliphatic heterocycles. The number of hydrogen-bond acceptors (Lipinski definition) is 3. The average Bonchev–Trinajstić information content (AvgIpc) is 2.68. The van der Waals surface area contributed by atoms with Crippen molar-refractivity contribution in [3.8, 4) is 5.75 Å². The zero-order chi connectivity index (χ0) is 17.9. The molecule has 0 radical (unpaired) electrons. The van der Waals surface area contributed by atoms with Crippen molar-refractivity contribution in [2.75, 3.05) is 33.9 Å². The Morgan fingerprint density at radius 1 is 1.08 bits per heavy atom. The first kappa shape index (κ1) is 22.2. The number of halogens is 1. The van der Waals surface area contributed by atoms with E-state index in [1.807, 2.05) is 48.5 Å². The summed E-state index contributed by atoms with van der Waals surface area (Å²) in [4.78, 5) is 4.24. The van der Waals surface area contributed by atoms with Gasteiger partial charge < -0.3 is 20.5 Å². The second-order valence-corrected chi connectivity index (χ2v) is 5.73. The summed E-state index contributed by atoms with van der Waals surface area (Å²) in [6.45, 7) is 1.46. The van der Waals surface area contributed by atoms with Crippen LogP contribution in [0.1, 0.15) is 17.0 Å². The zero-order valence-electron chi connectivity index (χ0n) is 15.3. The van der Waals surface area contributed by atoms with Crippen molar-refractivity contribution >= 4 is 29.9 Å². The van der Waals surface area contributed by atoms with Crippen LogP contribution in [0.2, 0.25) is 0 Å². The van der Waals surface area contributed by atoms with E-state index in [0.717, 1.165) is 35.8 Å². The van der Waals surface area contributed by atoms with Gasteiger partial charge in [0.25, 0.3) is 0 Å². The van der Waals surface area contributed by atoms with Gasteiger partial charge in [0, 0.05) is 26.1 Å². The summed E-state index contributed by atoms with van der Waals surface area (Å²) in [6, 6.07) is 18.0. The Hall–Kier alpha value is -1.80. The van der Waals surface area contributed by atoms with E-state index in [4.69, 9.17) is 4.74 Å². The number of methoxy groups -OCH3 is 1. The highest BCUT2D eigenvalue weighted by molar-refractivity contribution is 14.0. The minimum atomic E-state index is 0. The largest absolute Gasteiger partial charge is 0.496 e. The highest BCUT2D eigenvalue weighted by Crippen LogP contribution is 2.17. The molecule has 0 fully saturated rings. The van der Waals surface area contributed by atoms with Gasteiger partial charge in [-0.3, -0.25) is 4.99 Å². The van der Waals surface area contributed by atoms with Gasteiger partial charge in [-0.05, 0) is 23.6 Å². The summed E-state index contributed by atoms with van der Waals surface area (Å²) in [6.07, 6.45) is 0.840. The number of ether oxygens (including phenoxy) is 1. The van der Waals surface area contributed by atoms with Crippen LogP contribution < -0.4 is 15.4 Å². The van der Waals surface area contributed by atoms with E-state index in [1.54, 1.807) is 14.2 Å². The van der Waals surface area contributed by atoms with Crippen molar-refractivity contribution in [3.63, 3.8) is 0 Å². The molecule has 0 heterocycles. The normalized spacial score (nSPS) is 12.0. The number of aliphatic hydroxyl groups excluding tert-OH is 1. The maximum atomic E-state index is 9.63. The Balaban J connectivity index is 0.00000338. The highest BCUT2D eigenvalue weighted by Gasteiger charge is 2.10. The molecule has 0 bridgehead atoms. The van der Waals surface area contributed by atoms with E-state index < -0.39 is 0 Å². The second-order valence-electron chi connectivity index (χ2n) is 5.73. The first-order valence-electron chi connectivity index (χ1n) is 8.50. The van der Waals surface area contributed by atoms with Crippen LogP contribution in [0.3, 0.4) is 0 Å². The Labute approximate surface area is 172 Å². The molecule has 0 saturated heterocycles. The standard InChI is InChI=1S/C20H27N3O2.HI/c1-21-20(22-13-12-17-10-6-7-11-19(17)25-2)23-14-18(15-24)16-8-4-3-5-9-16;/h3-11,18,24H,12-15H2,1-2H3,(H2,21,22,23);1H. The van der Waals surface area contributed by atoms with Crippen molar-refractivity contribution in [2.24, 2.45) is 4.99 Å². The van der Waals surface area contributed by atoms with Gasteiger partial charge in [-0.1, -0.05) is 48.5 Å². The highest BCUT2D eigenvalue weighted by atomic mass is 127. The Kier molecular flexibility index (Phi) is 10.7. The third-order valence-corrected chi connectivity index (χ3v) is 4.11. The summed E-state index contributed by atoms with van der Waals surface area (Å²) < 4.78 is 5.37. The minimum absolute atomic E-state index is 0. The van der Waals surface area contributed by atoms with Gasteiger partial charge in [0.05, 0.1) is 13.7 Å². The predicted octanol–water partition coefficient (Wildman–Crippen LogP) is 2.80. The van der Waals surface area contributed by atoms with E-state index in [2.05, 4.69) is 21.7 Å². The second kappa shape index (κ2) is 12.5. The van der Waals surface area contributed by atoms with Crippen molar-refractivity contribution in [3.05, 3.63) is 65.7 Å². The molecule has 5 nitrogen and oxygen atoms in total. The molecule has 142 valence electrons. The number of hydrogen-bond donors (Lipinski definition) is 3. The third kappa shape index (κ3) is 6.84. The summed E-state index contributed by atoms with van der Waals surface area (Å²) in [5.41, 5.74) is 2.27. The molecule has 0 aliphatic carbocycles. The molecule has 0 amide bonds. The minimum Gasteiger partial charge on any atom is -0.496 e. The molecule has 3 N–H and O–H groups in total. The van der Waals surface area contributed by atoms with Gasteiger partial charge in [-0.25, -0.2) is 0 Å². The summed E-state index contributed by atoms with van der Waals surface area (Å²) in [7, 11) is 3.43. The summed E-state index contributed by atoms with van der Waals surface area (Å²) >= 11 is 0. The lowest BCUT2D eigenvalue weighted by Gasteiger charge is -2.18. The van der Waals surface area contributed by atoms with Gasteiger partial charge >= 0.3 is 0 Å². The number of nitrogens with one attached hydrogen (secondary N) is 2. The first-order valence-corrected chi connectivity index (χ1v) is 8.50. The lowest BCUT2D eigenvalue weighted by Crippen LogP contribution is -2.40. The fourth-order valence-electron chi connectivity index (χ4n) is 2.68. The first-order chi connectivity index (χ1) is 12.3. The molecule has 2 aromatic rings. The number of para-hydroxylation sites is 1. The van der Waals surface area contributed by atoms with Gasteiger partial charge in [-0.15, -0.1) is 24.0 Å². The van der Waals surface area contributed by atoms with Crippen molar-refractivity contribution < 1.29 is 9.84 Å². The Morgan fingerprint density at radius 3 is 2.42 bits per heavy atom. The molecular weight excluding hydrogens is 441 g/mol. The van der Waals surface area contributed by atoms with E-state index >= 15 is 0 Å². The van der Waals surface area contributed by atoms with Crippen LogP contribution in [0.5, 0.6) is 5.75 Å². The monoisotopic (exact) mass is 469 g/mol. The van der Waals surface area contributed by atoms with E-state index in [1.165, 1.54) is 0 Å². The van der Waals surface area contributed by atoms with E-state index in [0.29, 0.717) is 6.54 Å². The maximum absolute atomic E-state index is 9.63. The molecule has 1 unspecified atom stereocenters. The molecular formula is C20H28IN3O2. The van der Waals surface area contributed by atoms with Crippen LogP contribution in [-0.4, -0.2) is 44.9 Å². The van der Waals surface area contributed by atoms with Crippen LogP contribution in [0.4, 0.5) is 0 Å². The number of aliphatic imine (C=N–C) groups is 1. The van der Waals surface area contributed by atoms with Gasteiger partial charge in [0.1, 0.15) is 5.75 Å². The molecule has 0 spiro atoms. The Morgan fingerprint density at radius 2 is 1.77 bits per heavy atom. The molecule has 2 aromatic carbocycles. The number of rotatable bonds is 8. The fourth-order valence-corrected chi connectivity index (χ4v) is 2.68. The van der Waals surface area contributed by atoms with Crippen molar-refractivity contribution in [2.45, 2.75) is 12.3 Å². The lowest BCUT2D eigenvalue weighted by molar-refractivity contribution is 0.265. The maximum Gasteiger partial charge on any atom is 0.191 e. The summed E-state index contributed by atoms with van der Waals surface area (Å²) in [5, 5.41) is 16.2. The number of nitrogens with zero attached hydrogens (tertiary/aromatic N) is 1. The molecule has 1 atom stereocenters. The van der Waals surface area contributed by atoms with Crippen LogP contribution in [-0.2, 0) is 6.42 Å². The predicted molar refractivity (Wildman–Crippen MR) is 118 cm³/mol. The lowest BCUT2D eigenvalue weighted by atomic mass is 10.0. The topological polar surface area (TPSA) is 65.9 Å². The van der Waals surface area contributed by atoms with Crippen LogP contribution in [0.15, 0.2) is 59.6 Å². The van der Waals surface area contributed by atoms with E-state index in [9.17, 15) is 5.11 Å². The number of guanidine groups is 1. The van der Waals surface area contributed by atoms with Gasteiger partial charge in [0.2, 0.25) is 0 Å². The molecule has 26 heavy (non-hydrogen) atoms. The van der Waals surface area contributed by atoms with Crippen molar-refractivity contribution in [1.82, 2.24) is 10.6 Å². The number of benzene rings is 2.